The number of ether oxygens (including phenoxy) is 1. The lowest BCUT2D eigenvalue weighted by Gasteiger charge is -2.27. The van der Waals surface area contributed by atoms with Crippen molar-refractivity contribution in [1.82, 2.24) is 9.96 Å². The van der Waals surface area contributed by atoms with Gasteiger partial charge in [-0.3, -0.25) is 4.90 Å². The molecule has 0 aliphatic carbocycles. The lowest BCUT2D eigenvalue weighted by atomic mass is 10.4. The van der Waals surface area contributed by atoms with Gasteiger partial charge in [0, 0.05) is 32.7 Å². The van der Waals surface area contributed by atoms with Crippen molar-refractivity contribution in [2.45, 2.75) is 6.92 Å². The summed E-state index contributed by atoms with van der Waals surface area (Å²) < 4.78 is 5.22. The van der Waals surface area contributed by atoms with Crippen molar-refractivity contribution in [3.05, 3.63) is 0 Å². The van der Waals surface area contributed by atoms with E-state index < -0.39 is 0 Å². The van der Waals surface area contributed by atoms with Gasteiger partial charge in [0.1, 0.15) is 0 Å². The van der Waals surface area contributed by atoms with E-state index in [1.807, 2.05) is 6.92 Å². The molecule has 1 heterocycles. The van der Waals surface area contributed by atoms with E-state index >= 15 is 0 Å². The SMILES string of the molecule is CCN(O)CCN1CCOCC1. The zero-order valence-electron chi connectivity index (χ0n) is 7.70. The molecule has 0 aromatic heterocycles. The molecule has 0 aromatic rings. The summed E-state index contributed by atoms with van der Waals surface area (Å²) in [5.74, 6) is 0. The standard InChI is InChI=1S/C8H18N2O2/c1-2-10(11)4-3-9-5-7-12-8-6-9/h11H,2-8H2,1H3. The van der Waals surface area contributed by atoms with Gasteiger partial charge in [-0.1, -0.05) is 6.92 Å². The Morgan fingerprint density at radius 3 is 2.67 bits per heavy atom. The highest BCUT2D eigenvalue weighted by Crippen LogP contribution is 1.96. The number of rotatable bonds is 4. The number of hydroxylamine groups is 2. The van der Waals surface area contributed by atoms with Crippen molar-refractivity contribution in [3.63, 3.8) is 0 Å². The van der Waals surface area contributed by atoms with E-state index in [4.69, 9.17) is 9.94 Å². The molecule has 0 atom stereocenters. The van der Waals surface area contributed by atoms with Crippen LogP contribution in [0.2, 0.25) is 0 Å². The first-order valence-corrected chi connectivity index (χ1v) is 4.57. The fourth-order valence-electron chi connectivity index (χ4n) is 1.24. The highest BCUT2D eigenvalue weighted by atomic mass is 16.5. The topological polar surface area (TPSA) is 35.9 Å². The van der Waals surface area contributed by atoms with Gasteiger partial charge < -0.3 is 9.94 Å². The lowest BCUT2D eigenvalue weighted by molar-refractivity contribution is -0.0937. The summed E-state index contributed by atoms with van der Waals surface area (Å²) in [5.41, 5.74) is 0. The Hall–Kier alpha value is -0.160. The van der Waals surface area contributed by atoms with Gasteiger partial charge in [0.15, 0.2) is 0 Å². The van der Waals surface area contributed by atoms with E-state index in [2.05, 4.69) is 4.90 Å². The van der Waals surface area contributed by atoms with Crippen molar-refractivity contribution in [1.29, 1.82) is 0 Å². The molecule has 0 radical (unpaired) electrons. The molecule has 0 spiro atoms. The van der Waals surface area contributed by atoms with Gasteiger partial charge in [-0.05, 0) is 0 Å². The average Bonchev–Trinajstić information content (AvgIpc) is 2.16. The third kappa shape index (κ3) is 3.49. The van der Waals surface area contributed by atoms with Crippen LogP contribution in [0.4, 0.5) is 0 Å². The maximum atomic E-state index is 9.16. The van der Waals surface area contributed by atoms with Crippen LogP contribution in [0.5, 0.6) is 0 Å². The number of nitrogens with zero attached hydrogens (tertiary/aromatic N) is 2. The van der Waals surface area contributed by atoms with E-state index in [-0.39, 0.29) is 0 Å². The molecule has 1 rings (SSSR count). The van der Waals surface area contributed by atoms with Crippen LogP contribution >= 0.6 is 0 Å². The van der Waals surface area contributed by atoms with E-state index in [1.54, 1.807) is 0 Å². The van der Waals surface area contributed by atoms with Crippen molar-refractivity contribution >= 4 is 0 Å². The van der Waals surface area contributed by atoms with Crippen LogP contribution in [0.1, 0.15) is 6.92 Å². The van der Waals surface area contributed by atoms with Gasteiger partial charge in [-0.15, -0.1) is 0 Å². The molecule has 4 heteroatoms. The summed E-state index contributed by atoms with van der Waals surface area (Å²) in [6, 6.07) is 0. The van der Waals surface area contributed by atoms with Crippen LogP contribution in [0.15, 0.2) is 0 Å². The normalized spacial score (nSPS) is 20.2. The van der Waals surface area contributed by atoms with E-state index in [0.717, 1.165) is 39.4 Å². The summed E-state index contributed by atoms with van der Waals surface area (Å²) in [4.78, 5) is 2.31. The first-order chi connectivity index (χ1) is 5.83. The minimum absolute atomic E-state index is 0.699. The predicted octanol–water partition coefficient (Wildman–Crippen LogP) is 0.0297. The minimum atomic E-state index is 0.699. The molecule has 1 N–H and O–H groups in total. The number of hydrogen-bond donors (Lipinski definition) is 1. The second kappa shape index (κ2) is 5.48. The fraction of sp³-hybridized carbons (Fsp3) is 1.00. The number of morpholine rings is 1. The maximum absolute atomic E-state index is 9.16. The van der Waals surface area contributed by atoms with E-state index in [1.165, 1.54) is 5.06 Å². The molecule has 0 aromatic carbocycles. The highest BCUT2D eigenvalue weighted by Gasteiger charge is 2.10. The van der Waals surface area contributed by atoms with E-state index in [0.29, 0.717) is 6.54 Å². The summed E-state index contributed by atoms with van der Waals surface area (Å²) in [7, 11) is 0. The Bertz CT molecular complexity index is 116. The highest BCUT2D eigenvalue weighted by molar-refractivity contribution is 4.62. The van der Waals surface area contributed by atoms with Gasteiger partial charge in [0.2, 0.25) is 0 Å². The summed E-state index contributed by atoms with van der Waals surface area (Å²) >= 11 is 0. The van der Waals surface area contributed by atoms with Gasteiger partial charge in [0.25, 0.3) is 0 Å². The maximum Gasteiger partial charge on any atom is 0.0594 e. The van der Waals surface area contributed by atoms with Crippen LogP contribution in [0, 0.1) is 0 Å². The smallest absolute Gasteiger partial charge is 0.0594 e. The fourth-order valence-corrected chi connectivity index (χ4v) is 1.24. The molecule has 4 nitrogen and oxygen atoms in total. The van der Waals surface area contributed by atoms with Gasteiger partial charge >= 0.3 is 0 Å². The Morgan fingerprint density at radius 2 is 2.08 bits per heavy atom. The minimum Gasteiger partial charge on any atom is -0.379 e. The molecule has 72 valence electrons. The van der Waals surface area contributed by atoms with Gasteiger partial charge in [-0.25, -0.2) is 0 Å². The second-order valence-electron chi connectivity index (χ2n) is 3.00. The molecule has 0 amide bonds. The molecule has 0 bridgehead atoms. The number of hydrogen-bond acceptors (Lipinski definition) is 4. The Balaban J connectivity index is 2.05. The Morgan fingerprint density at radius 1 is 1.42 bits per heavy atom. The average molecular weight is 174 g/mol. The third-order valence-corrected chi connectivity index (χ3v) is 2.14. The Kier molecular flexibility index (Phi) is 4.53. The molecule has 1 aliphatic rings. The van der Waals surface area contributed by atoms with Crippen LogP contribution in [0.25, 0.3) is 0 Å². The molecular weight excluding hydrogens is 156 g/mol. The second-order valence-corrected chi connectivity index (χ2v) is 3.00. The van der Waals surface area contributed by atoms with Crippen LogP contribution in [0.3, 0.4) is 0 Å². The summed E-state index contributed by atoms with van der Waals surface area (Å²) in [6.07, 6.45) is 0. The van der Waals surface area contributed by atoms with E-state index in [9.17, 15) is 0 Å². The Labute approximate surface area is 73.7 Å². The monoisotopic (exact) mass is 174 g/mol. The first-order valence-electron chi connectivity index (χ1n) is 4.57. The zero-order valence-corrected chi connectivity index (χ0v) is 7.70. The van der Waals surface area contributed by atoms with Crippen LogP contribution < -0.4 is 0 Å². The van der Waals surface area contributed by atoms with Crippen molar-refractivity contribution < 1.29 is 9.94 Å². The van der Waals surface area contributed by atoms with Crippen molar-refractivity contribution in [2.75, 3.05) is 45.9 Å². The molecule has 1 fully saturated rings. The predicted molar refractivity (Wildman–Crippen MR) is 46.3 cm³/mol. The quantitative estimate of drug-likeness (QED) is 0.610. The molecule has 0 saturated carbocycles. The third-order valence-electron chi connectivity index (χ3n) is 2.14. The molecule has 12 heavy (non-hydrogen) atoms. The first kappa shape index (κ1) is 9.92. The largest absolute Gasteiger partial charge is 0.379 e. The lowest BCUT2D eigenvalue weighted by Crippen LogP contribution is -2.40. The van der Waals surface area contributed by atoms with Gasteiger partial charge in [0.05, 0.1) is 13.2 Å². The zero-order chi connectivity index (χ0) is 8.81. The van der Waals surface area contributed by atoms with Gasteiger partial charge in [-0.2, -0.15) is 5.06 Å². The van der Waals surface area contributed by atoms with Crippen molar-refractivity contribution in [3.8, 4) is 0 Å². The van der Waals surface area contributed by atoms with Crippen LogP contribution in [-0.4, -0.2) is 61.1 Å². The summed E-state index contributed by atoms with van der Waals surface area (Å²) in [6.45, 7) is 7.97. The van der Waals surface area contributed by atoms with Crippen LogP contribution in [-0.2, 0) is 4.74 Å². The molecule has 0 unspecified atom stereocenters. The molecule has 1 saturated heterocycles. The number of likely N-dealkylation sites (N-methyl/N-ethyl adjacent to an activating group) is 1. The molecule has 1 aliphatic heterocycles. The summed E-state index contributed by atoms with van der Waals surface area (Å²) in [5, 5.41) is 10.5. The van der Waals surface area contributed by atoms with Crippen molar-refractivity contribution in [2.24, 2.45) is 0 Å². The molecular formula is C8H18N2O2.